The highest BCUT2D eigenvalue weighted by Crippen LogP contribution is 2.40. The van der Waals surface area contributed by atoms with Crippen LogP contribution in [0.4, 0.5) is 38.9 Å². The number of H-pyrrole nitrogens is 1. The molecule has 16 nitrogen and oxygen atoms in total. The molecular weight excluding hydrogens is 840 g/mol. The highest BCUT2D eigenvalue weighted by atomic mass is 32.2. The predicted molar refractivity (Wildman–Crippen MR) is 241 cm³/mol. The highest BCUT2D eigenvalue weighted by molar-refractivity contribution is 7.92. The number of amides is 3. The van der Waals surface area contributed by atoms with E-state index in [1.165, 1.54) is 16.6 Å². The maximum absolute atomic E-state index is 15.8. The van der Waals surface area contributed by atoms with Crippen molar-refractivity contribution in [1.29, 1.82) is 0 Å². The van der Waals surface area contributed by atoms with Crippen LogP contribution in [-0.2, 0) is 30.8 Å². The molecule has 10 rings (SSSR count). The molecule has 6 heterocycles. The first-order valence-electron chi connectivity index (χ1n) is 22.1. The predicted octanol–water partition coefficient (Wildman–Crippen LogP) is 5.40. The summed E-state index contributed by atoms with van der Waals surface area (Å²) in [5.41, 5.74) is 4.58. The van der Waals surface area contributed by atoms with Gasteiger partial charge in [-0.1, -0.05) is 24.3 Å². The van der Waals surface area contributed by atoms with Gasteiger partial charge in [0.2, 0.25) is 33.7 Å². The average Bonchev–Trinajstić information content (AvgIpc) is 3.94. The highest BCUT2D eigenvalue weighted by Gasteiger charge is 2.40. The second-order valence-electron chi connectivity index (χ2n) is 17.5. The molecule has 64 heavy (non-hydrogen) atoms. The summed E-state index contributed by atoms with van der Waals surface area (Å²) in [6.07, 6.45) is 7.44. The number of hydrogen-bond acceptors (Lipinski definition) is 12. The molecule has 1 saturated carbocycles. The Labute approximate surface area is 370 Å². The van der Waals surface area contributed by atoms with Crippen LogP contribution in [0.5, 0.6) is 5.75 Å². The summed E-state index contributed by atoms with van der Waals surface area (Å²) in [5.74, 6) is 0.298. The summed E-state index contributed by atoms with van der Waals surface area (Å²) in [7, 11) is -3.48. The monoisotopic (exact) mass is 890 g/mol. The van der Waals surface area contributed by atoms with Crippen molar-refractivity contribution in [2.24, 2.45) is 5.92 Å². The zero-order valence-electron chi connectivity index (χ0n) is 35.6. The van der Waals surface area contributed by atoms with Crippen molar-refractivity contribution in [1.82, 2.24) is 30.1 Å². The lowest BCUT2D eigenvalue weighted by Gasteiger charge is -2.45. The van der Waals surface area contributed by atoms with E-state index in [0.717, 1.165) is 55.5 Å². The van der Waals surface area contributed by atoms with E-state index in [2.05, 4.69) is 35.7 Å². The third-order valence-electron chi connectivity index (χ3n) is 13.4. The second kappa shape index (κ2) is 17.0. The smallest absolute Gasteiger partial charge is 0.234 e. The van der Waals surface area contributed by atoms with Crippen molar-refractivity contribution >= 4 is 73.3 Å². The molecule has 18 heteroatoms. The Morgan fingerprint density at radius 3 is 2.44 bits per heavy atom. The van der Waals surface area contributed by atoms with Crippen molar-refractivity contribution < 1.29 is 31.9 Å². The number of carbonyl (C=O) groups is 3. The fraction of sp³-hybridized carbons (Fsp3) is 0.413. The van der Waals surface area contributed by atoms with Crippen LogP contribution in [-0.4, -0.2) is 115 Å². The van der Waals surface area contributed by atoms with Gasteiger partial charge in [-0.15, -0.1) is 0 Å². The van der Waals surface area contributed by atoms with E-state index in [1.807, 2.05) is 59.5 Å². The fourth-order valence-corrected chi connectivity index (χ4v) is 10.9. The number of aromatic nitrogens is 3. The van der Waals surface area contributed by atoms with E-state index in [-0.39, 0.29) is 47.4 Å². The first-order valence-corrected chi connectivity index (χ1v) is 23.9. The number of nitrogens with one attached hydrogen (secondary N) is 4. The first kappa shape index (κ1) is 41.7. The lowest BCUT2D eigenvalue weighted by molar-refractivity contribution is -0.143. The average molecular weight is 891 g/mol. The maximum Gasteiger partial charge on any atom is 0.234 e. The molecule has 1 atom stereocenters. The van der Waals surface area contributed by atoms with E-state index in [9.17, 15) is 22.8 Å². The molecule has 4 aliphatic heterocycles. The second-order valence-corrected chi connectivity index (χ2v) is 19.4. The SMILES string of the molecule is CS(=O)(=O)N1CCc2cccc(Nc3nc(Nc4ccc(N5CCC(N6CCN(C(=O)C7CC(Oc8cccc(C9CCC(=O)NC9=O)c8)C7)CC6)CC5)c(F)c4)nc4[nH]ccc34)c21. The largest absolute Gasteiger partial charge is 0.490 e. The van der Waals surface area contributed by atoms with Gasteiger partial charge in [-0.25, -0.2) is 12.8 Å². The van der Waals surface area contributed by atoms with E-state index in [1.54, 1.807) is 12.3 Å². The minimum atomic E-state index is -3.48. The summed E-state index contributed by atoms with van der Waals surface area (Å²) >= 11 is 0. The third kappa shape index (κ3) is 8.43. The van der Waals surface area contributed by atoms with Crippen LogP contribution < -0.4 is 29.9 Å². The maximum atomic E-state index is 15.8. The lowest BCUT2D eigenvalue weighted by Crippen LogP contribution is -2.56. The number of para-hydroxylation sites is 1. The van der Waals surface area contributed by atoms with Crippen LogP contribution in [0.3, 0.4) is 0 Å². The zero-order chi connectivity index (χ0) is 44.1. The quantitative estimate of drug-likeness (QED) is 0.124. The van der Waals surface area contributed by atoms with Crippen LogP contribution >= 0.6 is 0 Å². The summed E-state index contributed by atoms with van der Waals surface area (Å²) in [6.45, 7) is 4.80. The number of aromatic amines is 1. The number of hydrogen-bond donors (Lipinski definition) is 4. The van der Waals surface area contributed by atoms with Crippen LogP contribution in [0.15, 0.2) is 72.9 Å². The molecule has 3 amide bonds. The molecule has 4 fully saturated rings. The Balaban J connectivity index is 0.698. The molecule has 334 valence electrons. The number of piperidine rings is 2. The molecule has 2 aromatic heterocycles. The lowest BCUT2D eigenvalue weighted by atomic mass is 9.81. The molecule has 5 aromatic rings. The number of benzene rings is 3. The Morgan fingerprint density at radius 2 is 1.67 bits per heavy atom. The number of fused-ring (bicyclic) bond motifs is 2. The van der Waals surface area contributed by atoms with E-state index < -0.39 is 10.0 Å². The number of piperazine rings is 1. The van der Waals surface area contributed by atoms with Gasteiger partial charge in [-0.05, 0) is 92.1 Å². The molecule has 1 unspecified atom stereocenters. The van der Waals surface area contributed by atoms with Crippen molar-refractivity contribution in [2.75, 3.05) is 71.9 Å². The molecule has 0 spiro atoms. The van der Waals surface area contributed by atoms with Crippen molar-refractivity contribution in [3.8, 4) is 5.75 Å². The van der Waals surface area contributed by atoms with Crippen LogP contribution in [0.25, 0.3) is 11.0 Å². The topological polar surface area (TPSA) is 185 Å². The minimum Gasteiger partial charge on any atom is -0.490 e. The molecule has 5 aliphatic rings. The fourth-order valence-electron chi connectivity index (χ4n) is 9.95. The van der Waals surface area contributed by atoms with Crippen molar-refractivity contribution in [3.63, 3.8) is 0 Å². The summed E-state index contributed by atoms with van der Waals surface area (Å²) < 4.78 is 48.6. The Hall–Kier alpha value is -6.27. The van der Waals surface area contributed by atoms with Gasteiger partial charge in [0, 0.05) is 76.1 Å². The number of sulfonamides is 1. The van der Waals surface area contributed by atoms with Crippen molar-refractivity contribution in [2.45, 2.75) is 63.0 Å². The van der Waals surface area contributed by atoms with Gasteiger partial charge in [0.15, 0.2) is 0 Å². The molecule has 3 saturated heterocycles. The van der Waals surface area contributed by atoms with Gasteiger partial charge in [0.1, 0.15) is 29.1 Å². The van der Waals surface area contributed by atoms with Crippen LogP contribution in [0.1, 0.15) is 55.6 Å². The molecular formula is C46H51FN10O6S. The van der Waals surface area contributed by atoms with E-state index in [4.69, 9.17) is 9.72 Å². The minimum absolute atomic E-state index is 0.0551. The molecule has 0 radical (unpaired) electrons. The number of imide groups is 1. The van der Waals surface area contributed by atoms with Crippen LogP contribution in [0, 0.1) is 11.7 Å². The Morgan fingerprint density at radius 1 is 0.875 bits per heavy atom. The van der Waals surface area contributed by atoms with Crippen molar-refractivity contribution in [3.05, 3.63) is 89.9 Å². The molecule has 1 aliphatic carbocycles. The molecule has 3 aromatic carbocycles. The summed E-state index contributed by atoms with van der Waals surface area (Å²) in [5, 5.41) is 9.65. The van der Waals surface area contributed by atoms with E-state index >= 15 is 4.39 Å². The van der Waals surface area contributed by atoms with Gasteiger partial charge in [-0.2, -0.15) is 9.97 Å². The molecule has 4 N–H and O–H groups in total. The van der Waals surface area contributed by atoms with Gasteiger partial charge in [-0.3, -0.25) is 28.9 Å². The number of halogens is 1. The first-order chi connectivity index (χ1) is 30.9. The van der Waals surface area contributed by atoms with Gasteiger partial charge < -0.3 is 30.2 Å². The van der Waals surface area contributed by atoms with Crippen LogP contribution in [0.2, 0.25) is 0 Å². The summed E-state index contributed by atoms with van der Waals surface area (Å²) in [6, 6.07) is 20.4. The number of ether oxygens (including phenoxy) is 1. The number of nitrogens with zero attached hydrogens (tertiary/aromatic N) is 6. The van der Waals surface area contributed by atoms with Gasteiger partial charge in [0.25, 0.3) is 0 Å². The number of carbonyl (C=O) groups excluding carboxylic acids is 3. The van der Waals surface area contributed by atoms with Gasteiger partial charge in [0.05, 0.1) is 34.6 Å². The van der Waals surface area contributed by atoms with Gasteiger partial charge >= 0.3 is 0 Å². The summed E-state index contributed by atoms with van der Waals surface area (Å²) in [4.78, 5) is 56.4. The Kier molecular flexibility index (Phi) is 11.1. The molecule has 0 bridgehead atoms. The van der Waals surface area contributed by atoms with E-state index in [0.29, 0.717) is 97.7 Å². The normalized spacial score (nSPS) is 22.0. The standard InChI is InChI=1S/C46H51FN10O6S/c1-64(61,62)57-19-13-28-4-3-7-38(41(28)57)50-43-36-12-16-48-42(36)52-46(53-43)49-31-8-10-39(37(47)27-31)55-17-14-32(15-18-55)54-20-22-56(23-21-54)45(60)30-25-34(26-30)63-33-6-2-5-29(24-33)35-9-11-40(58)51-44(35)59/h2-8,10,12,16,24,27,30,32,34-35H,9,11,13-15,17-23,25-26H2,1H3,(H,51,58,59)(H3,48,49,50,52,53). The number of rotatable bonds is 11. The Bertz CT molecular complexity index is 2730. The zero-order valence-corrected chi connectivity index (χ0v) is 36.4. The third-order valence-corrected chi connectivity index (χ3v) is 14.6. The number of anilines is 6.